The molecule has 5 heteroatoms. The van der Waals surface area contributed by atoms with Crippen LogP contribution in [-0.2, 0) is 17.8 Å². The van der Waals surface area contributed by atoms with Gasteiger partial charge in [0.2, 0.25) is 0 Å². The van der Waals surface area contributed by atoms with Gasteiger partial charge in [0, 0.05) is 25.3 Å². The van der Waals surface area contributed by atoms with Gasteiger partial charge in [-0.15, -0.1) is 0 Å². The highest BCUT2D eigenvalue weighted by atomic mass is 16.5. The van der Waals surface area contributed by atoms with Crippen LogP contribution in [0.5, 0.6) is 0 Å². The van der Waals surface area contributed by atoms with E-state index in [-0.39, 0.29) is 6.10 Å². The quantitative estimate of drug-likeness (QED) is 0.927. The first-order chi connectivity index (χ1) is 9.81. The Morgan fingerprint density at radius 2 is 2.15 bits per heavy atom. The molecule has 1 aliphatic rings. The normalized spacial score (nSPS) is 18.0. The summed E-state index contributed by atoms with van der Waals surface area (Å²) in [6.07, 6.45) is 2.20. The zero-order valence-electron chi connectivity index (χ0n) is 11.7. The maximum atomic E-state index is 5.76. The third-order valence-electron chi connectivity index (χ3n) is 3.64. The molecule has 0 amide bonds. The summed E-state index contributed by atoms with van der Waals surface area (Å²) in [4.78, 5) is 4.67. The molecule has 1 aliphatic heterocycles. The summed E-state index contributed by atoms with van der Waals surface area (Å²) in [6, 6.07) is 8.10. The van der Waals surface area contributed by atoms with Crippen molar-refractivity contribution >= 4 is 0 Å². The molecule has 0 aliphatic carbocycles. The lowest BCUT2D eigenvalue weighted by atomic mass is 10.1. The Hall–Kier alpha value is -1.72. The Morgan fingerprint density at radius 1 is 1.35 bits per heavy atom. The summed E-state index contributed by atoms with van der Waals surface area (Å²) in [6.45, 7) is 4.20. The topological polar surface area (TPSA) is 66.0 Å². The van der Waals surface area contributed by atoms with Gasteiger partial charge in [0.25, 0.3) is 0 Å². The minimum absolute atomic E-state index is 0.0818. The summed E-state index contributed by atoms with van der Waals surface area (Å²) in [5, 5.41) is 4.60. The van der Waals surface area contributed by atoms with Crippen molar-refractivity contribution in [3.8, 4) is 11.4 Å². The summed E-state index contributed by atoms with van der Waals surface area (Å²) in [5.74, 6) is 1.73. The molecule has 0 saturated carbocycles. The monoisotopic (exact) mass is 272 g/mol. The molecule has 2 aromatic rings. The average molecular weight is 272 g/mol. The Kier molecular flexibility index (Phi) is 3.80. The third kappa shape index (κ3) is 2.46. The second-order valence-electron chi connectivity index (χ2n) is 5.00. The van der Waals surface area contributed by atoms with Crippen LogP contribution in [0.1, 0.15) is 37.3 Å². The van der Waals surface area contributed by atoms with E-state index in [0.717, 1.165) is 42.2 Å². The predicted octanol–water partition coefficient (Wildman–Crippen LogP) is 2.28. The van der Waals surface area contributed by atoms with E-state index in [2.05, 4.69) is 10.1 Å². The highest BCUT2D eigenvalue weighted by Gasteiger charge is 2.24. The maximum absolute atomic E-state index is 5.76. The summed E-state index contributed by atoms with van der Waals surface area (Å²) >= 11 is 0. The van der Waals surface area contributed by atoms with E-state index in [1.807, 2.05) is 35.9 Å². The molecule has 1 unspecified atom stereocenters. The van der Waals surface area contributed by atoms with E-state index in [4.69, 9.17) is 10.5 Å². The van der Waals surface area contributed by atoms with E-state index in [1.165, 1.54) is 0 Å². The largest absolute Gasteiger partial charge is 0.371 e. The van der Waals surface area contributed by atoms with Crippen molar-refractivity contribution in [3.05, 3.63) is 35.7 Å². The Morgan fingerprint density at radius 3 is 2.85 bits per heavy atom. The summed E-state index contributed by atoms with van der Waals surface area (Å²) in [5.41, 5.74) is 7.76. The van der Waals surface area contributed by atoms with Crippen molar-refractivity contribution in [2.24, 2.45) is 5.73 Å². The number of fused-ring (bicyclic) bond motifs is 1. The first kappa shape index (κ1) is 13.3. The Bertz CT molecular complexity index is 576. The predicted molar refractivity (Wildman–Crippen MR) is 77.0 cm³/mol. The molecule has 5 nitrogen and oxygen atoms in total. The number of aromatic nitrogens is 3. The van der Waals surface area contributed by atoms with E-state index in [0.29, 0.717) is 13.2 Å². The van der Waals surface area contributed by atoms with Gasteiger partial charge in [0.1, 0.15) is 6.10 Å². The number of aryl methyl sites for hydroxylation is 1. The lowest BCUT2D eigenvalue weighted by molar-refractivity contribution is 0.0350. The number of hydrogen-bond acceptors (Lipinski definition) is 4. The van der Waals surface area contributed by atoms with Gasteiger partial charge < -0.3 is 10.5 Å². The number of nitrogens with two attached hydrogens (primary N) is 1. The highest BCUT2D eigenvalue weighted by Crippen LogP contribution is 2.28. The zero-order chi connectivity index (χ0) is 13.9. The van der Waals surface area contributed by atoms with Crippen molar-refractivity contribution in [1.82, 2.24) is 14.8 Å². The van der Waals surface area contributed by atoms with E-state index < -0.39 is 0 Å². The number of ether oxygens (including phenoxy) is 1. The number of nitrogens with zero attached hydrogens (tertiary/aromatic N) is 3. The molecule has 0 spiro atoms. The van der Waals surface area contributed by atoms with Gasteiger partial charge in [-0.3, -0.25) is 0 Å². The van der Waals surface area contributed by atoms with Gasteiger partial charge in [0.05, 0.1) is 0 Å². The Labute approximate surface area is 118 Å². The second kappa shape index (κ2) is 5.73. The molecule has 2 N–H and O–H groups in total. The van der Waals surface area contributed by atoms with Crippen LogP contribution >= 0.6 is 0 Å². The fourth-order valence-electron chi connectivity index (χ4n) is 2.58. The van der Waals surface area contributed by atoms with Crippen molar-refractivity contribution in [2.75, 3.05) is 6.61 Å². The molecule has 106 valence electrons. The minimum atomic E-state index is 0.0818. The first-order valence-electron chi connectivity index (χ1n) is 7.17. The van der Waals surface area contributed by atoms with Crippen LogP contribution in [-0.4, -0.2) is 21.4 Å². The van der Waals surface area contributed by atoms with Crippen LogP contribution in [0.25, 0.3) is 11.4 Å². The minimum Gasteiger partial charge on any atom is -0.371 e. The second-order valence-corrected chi connectivity index (χ2v) is 5.00. The highest BCUT2D eigenvalue weighted by molar-refractivity contribution is 5.55. The van der Waals surface area contributed by atoms with Gasteiger partial charge in [-0.1, -0.05) is 24.3 Å². The molecule has 0 saturated heterocycles. The van der Waals surface area contributed by atoms with E-state index in [1.54, 1.807) is 0 Å². The molecule has 20 heavy (non-hydrogen) atoms. The third-order valence-corrected chi connectivity index (χ3v) is 3.64. The first-order valence-corrected chi connectivity index (χ1v) is 7.17. The number of hydrogen-bond donors (Lipinski definition) is 1. The molecule has 0 bridgehead atoms. The van der Waals surface area contributed by atoms with E-state index in [9.17, 15) is 0 Å². The molecule has 1 aromatic heterocycles. The van der Waals surface area contributed by atoms with Crippen molar-refractivity contribution in [2.45, 2.75) is 39.0 Å². The van der Waals surface area contributed by atoms with Gasteiger partial charge in [-0.2, -0.15) is 5.10 Å². The van der Waals surface area contributed by atoms with Crippen LogP contribution in [0.15, 0.2) is 24.3 Å². The molecule has 1 atom stereocenters. The Balaban J connectivity index is 1.91. The van der Waals surface area contributed by atoms with Crippen LogP contribution < -0.4 is 5.73 Å². The molecular weight excluding hydrogens is 252 g/mol. The van der Waals surface area contributed by atoms with Crippen LogP contribution in [0, 0.1) is 0 Å². The maximum Gasteiger partial charge on any atom is 0.181 e. The average Bonchev–Trinajstić information content (AvgIpc) is 2.93. The van der Waals surface area contributed by atoms with Gasteiger partial charge >= 0.3 is 0 Å². The van der Waals surface area contributed by atoms with E-state index >= 15 is 0 Å². The number of rotatable bonds is 4. The van der Waals surface area contributed by atoms with Gasteiger partial charge in [-0.25, -0.2) is 9.67 Å². The molecule has 2 heterocycles. The van der Waals surface area contributed by atoms with Crippen molar-refractivity contribution in [1.29, 1.82) is 0 Å². The molecule has 0 radical (unpaired) electrons. The smallest absolute Gasteiger partial charge is 0.181 e. The lowest BCUT2D eigenvalue weighted by Gasteiger charge is -2.21. The van der Waals surface area contributed by atoms with Crippen LogP contribution in [0.2, 0.25) is 0 Å². The van der Waals surface area contributed by atoms with Crippen LogP contribution in [0.4, 0.5) is 0 Å². The molecule has 1 aromatic carbocycles. The zero-order valence-corrected chi connectivity index (χ0v) is 11.7. The molecule has 0 fully saturated rings. The SMILES string of the molecule is CCOC1CCCn2nc(-c3ccc(CN)cc3)nc21. The molecule has 3 rings (SSSR count). The van der Waals surface area contributed by atoms with Crippen LogP contribution in [0.3, 0.4) is 0 Å². The van der Waals surface area contributed by atoms with Crippen molar-refractivity contribution < 1.29 is 4.74 Å². The summed E-state index contributed by atoms with van der Waals surface area (Å²) in [7, 11) is 0. The van der Waals surface area contributed by atoms with Crippen molar-refractivity contribution in [3.63, 3.8) is 0 Å². The van der Waals surface area contributed by atoms with Gasteiger partial charge in [-0.05, 0) is 25.3 Å². The molecular formula is C15H20N4O. The lowest BCUT2D eigenvalue weighted by Crippen LogP contribution is -2.19. The standard InChI is InChI=1S/C15H20N4O/c1-2-20-13-4-3-9-19-15(13)17-14(18-19)12-7-5-11(10-16)6-8-12/h5-8,13H,2-4,9-10,16H2,1H3. The fraction of sp³-hybridized carbons (Fsp3) is 0.467. The number of benzene rings is 1. The van der Waals surface area contributed by atoms with Gasteiger partial charge in [0.15, 0.2) is 11.6 Å². The summed E-state index contributed by atoms with van der Waals surface area (Å²) < 4.78 is 7.74. The fourth-order valence-corrected chi connectivity index (χ4v) is 2.58.